The Morgan fingerprint density at radius 1 is 1.10 bits per heavy atom. The lowest BCUT2D eigenvalue weighted by molar-refractivity contribution is 0.0613. The van der Waals surface area contributed by atoms with Gasteiger partial charge < -0.3 is 9.47 Å². The minimum absolute atomic E-state index is 0.256. The predicted molar refractivity (Wildman–Crippen MR) is 122 cm³/mol. The Balaban J connectivity index is 1.79. The van der Waals surface area contributed by atoms with Gasteiger partial charge in [-0.15, -0.1) is 0 Å². The third kappa shape index (κ3) is 3.94. The van der Waals surface area contributed by atoms with Gasteiger partial charge in [-0.3, -0.25) is 14.7 Å². The Morgan fingerprint density at radius 2 is 1.68 bits per heavy atom. The van der Waals surface area contributed by atoms with E-state index in [4.69, 9.17) is 26.7 Å². The first-order valence-electron chi connectivity index (χ1n) is 10.3. The highest BCUT2D eigenvalue weighted by Gasteiger charge is 2.49. The quantitative estimate of drug-likeness (QED) is 0.627. The summed E-state index contributed by atoms with van der Waals surface area (Å²) in [6, 6.07) is 11.0. The minimum Gasteiger partial charge on any atom is -0.497 e. The molecule has 2 aromatic carbocycles. The van der Waals surface area contributed by atoms with Crippen molar-refractivity contribution < 1.29 is 18.7 Å². The number of halogens is 1. The summed E-state index contributed by atoms with van der Waals surface area (Å²) in [5, 5.41) is 0. The second-order valence-corrected chi connectivity index (χ2v) is 8.57. The molecule has 0 radical (unpaired) electrons. The lowest BCUT2D eigenvalue weighted by Crippen LogP contribution is -2.51. The molecule has 1 heterocycles. The molecule has 1 fully saturated rings. The van der Waals surface area contributed by atoms with Gasteiger partial charge in [-0.2, -0.15) is 0 Å². The van der Waals surface area contributed by atoms with Crippen LogP contribution in [0.5, 0.6) is 11.5 Å². The van der Waals surface area contributed by atoms with Crippen LogP contribution in [0.15, 0.2) is 47.5 Å². The molecule has 0 atom stereocenters. The van der Waals surface area contributed by atoms with Gasteiger partial charge in [0.25, 0.3) is 5.91 Å². The van der Waals surface area contributed by atoms with Gasteiger partial charge in [-0.25, -0.2) is 4.39 Å². The van der Waals surface area contributed by atoms with Crippen LogP contribution in [0.4, 0.5) is 4.39 Å². The number of thiocarbonyl (C=S) groups is 1. The third-order valence-corrected chi connectivity index (χ3v) is 6.51. The van der Waals surface area contributed by atoms with Crippen molar-refractivity contribution in [3.05, 3.63) is 59.4 Å². The SMILES string of the molecule is COc1cc(OC)cc(C2=NC3(CCC(C)CC3)N(C(=O)c3ccc(F)cc3)C2=S)c1. The van der Waals surface area contributed by atoms with E-state index in [1.54, 1.807) is 25.2 Å². The molecule has 5 nitrogen and oxygen atoms in total. The number of amides is 1. The number of carbonyl (C=O) groups is 1. The number of methoxy groups -OCH3 is 2. The number of rotatable bonds is 4. The number of ether oxygens (including phenoxy) is 2. The molecule has 162 valence electrons. The molecule has 1 amide bonds. The van der Waals surface area contributed by atoms with Crippen LogP contribution in [0.2, 0.25) is 0 Å². The topological polar surface area (TPSA) is 51.1 Å². The molecule has 0 saturated heterocycles. The molecule has 1 saturated carbocycles. The van der Waals surface area contributed by atoms with Crippen LogP contribution < -0.4 is 9.47 Å². The van der Waals surface area contributed by atoms with E-state index in [0.717, 1.165) is 31.2 Å². The first kappa shape index (κ1) is 21.4. The molecule has 1 aliphatic carbocycles. The lowest BCUT2D eigenvalue weighted by Gasteiger charge is -2.40. The van der Waals surface area contributed by atoms with Crippen molar-refractivity contribution in [2.45, 2.75) is 38.3 Å². The molecule has 0 bridgehead atoms. The highest BCUT2D eigenvalue weighted by atomic mass is 32.1. The zero-order valence-electron chi connectivity index (χ0n) is 17.9. The first-order chi connectivity index (χ1) is 14.9. The van der Waals surface area contributed by atoms with Crippen LogP contribution in [0.25, 0.3) is 0 Å². The molecular weight excluding hydrogens is 415 g/mol. The van der Waals surface area contributed by atoms with Crippen molar-refractivity contribution in [3.63, 3.8) is 0 Å². The van der Waals surface area contributed by atoms with E-state index in [1.165, 1.54) is 24.3 Å². The van der Waals surface area contributed by atoms with E-state index in [9.17, 15) is 9.18 Å². The van der Waals surface area contributed by atoms with Gasteiger partial charge in [0, 0.05) is 17.2 Å². The van der Waals surface area contributed by atoms with Crippen molar-refractivity contribution in [2.24, 2.45) is 10.9 Å². The van der Waals surface area contributed by atoms with E-state index in [0.29, 0.717) is 33.7 Å². The molecule has 4 rings (SSSR count). The monoisotopic (exact) mass is 440 g/mol. The minimum atomic E-state index is -0.722. The van der Waals surface area contributed by atoms with Crippen LogP contribution in [-0.4, -0.2) is 41.4 Å². The second kappa shape index (κ2) is 8.38. The standard InChI is InChI=1S/C24H25FN2O3S/c1-15-8-10-24(11-9-15)26-21(17-12-19(29-2)14-20(13-17)30-3)23(31)27(24)22(28)16-4-6-18(25)7-5-16/h4-7,12-15H,8-11H2,1-3H3. The van der Waals surface area contributed by atoms with Crippen molar-refractivity contribution >= 4 is 28.8 Å². The highest BCUT2D eigenvalue weighted by Crippen LogP contribution is 2.43. The third-order valence-electron chi connectivity index (χ3n) is 6.14. The number of hydrogen-bond donors (Lipinski definition) is 0. The summed E-state index contributed by atoms with van der Waals surface area (Å²) in [4.78, 5) is 20.6. The zero-order valence-corrected chi connectivity index (χ0v) is 18.7. The van der Waals surface area contributed by atoms with Crippen molar-refractivity contribution in [1.82, 2.24) is 4.90 Å². The summed E-state index contributed by atoms with van der Waals surface area (Å²) in [7, 11) is 3.17. The Kier molecular flexibility index (Phi) is 5.79. The van der Waals surface area contributed by atoms with E-state index in [1.807, 2.05) is 12.1 Å². The number of carbonyl (C=O) groups excluding carboxylic acids is 1. The maximum absolute atomic E-state index is 13.5. The Morgan fingerprint density at radius 3 is 2.23 bits per heavy atom. The maximum atomic E-state index is 13.5. The Labute approximate surface area is 186 Å². The lowest BCUT2D eigenvalue weighted by atomic mass is 9.82. The predicted octanol–water partition coefficient (Wildman–Crippen LogP) is 5.02. The average Bonchev–Trinajstić information content (AvgIpc) is 3.07. The summed E-state index contributed by atoms with van der Waals surface area (Å²) in [6.45, 7) is 2.21. The molecule has 1 spiro atoms. The number of nitrogens with zero attached hydrogens (tertiary/aromatic N) is 2. The van der Waals surface area contributed by atoms with Crippen LogP contribution in [0, 0.1) is 11.7 Å². The van der Waals surface area contributed by atoms with Gasteiger partial charge >= 0.3 is 0 Å². The van der Waals surface area contributed by atoms with Gasteiger partial charge in [-0.05, 0) is 68.0 Å². The van der Waals surface area contributed by atoms with E-state index < -0.39 is 5.66 Å². The number of hydrogen-bond acceptors (Lipinski definition) is 5. The maximum Gasteiger partial charge on any atom is 0.260 e. The van der Waals surface area contributed by atoms with Crippen molar-refractivity contribution in [2.75, 3.05) is 14.2 Å². The normalized spacial score (nSPS) is 23.1. The highest BCUT2D eigenvalue weighted by molar-refractivity contribution is 7.82. The molecular formula is C24H25FN2O3S. The summed E-state index contributed by atoms with van der Waals surface area (Å²) in [5.41, 5.74) is 0.994. The smallest absolute Gasteiger partial charge is 0.260 e. The number of benzene rings is 2. The fourth-order valence-corrected chi connectivity index (χ4v) is 4.71. The van der Waals surface area contributed by atoms with Gasteiger partial charge in [-0.1, -0.05) is 19.1 Å². The summed E-state index contributed by atoms with van der Waals surface area (Å²) in [5.74, 6) is 1.16. The van der Waals surface area contributed by atoms with Gasteiger partial charge in [0.05, 0.1) is 14.2 Å². The molecule has 31 heavy (non-hydrogen) atoms. The molecule has 0 N–H and O–H groups in total. The molecule has 1 aliphatic heterocycles. The average molecular weight is 441 g/mol. The van der Waals surface area contributed by atoms with Crippen LogP contribution in [0.3, 0.4) is 0 Å². The Hall–Kier alpha value is -2.80. The second-order valence-electron chi connectivity index (χ2n) is 8.18. The number of aliphatic imine (C=N–C) groups is 1. The van der Waals surface area contributed by atoms with Crippen LogP contribution >= 0.6 is 12.2 Å². The first-order valence-corrected chi connectivity index (χ1v) is 10.8. The molecule has 0 unspecified atom stereocenters. The van der Waals surface area contributed by atoms with E-state index in [-0.39, 0.29) is 11.7 Å². The van der Waals surface area contributed by atoms with Crippen molar-refractivity contribution in [3.8, 4) is 11.5 Å². The fraction of sp³-hybridized carbons (Fsp3) is 0.375. The van der Waals surface area contributed by atoms with E-state index >= 15 is 0 Å². The summed E-state index contributed by atoms with van der Waals surface area (Å²) in [6.07, 6.45) is 3.36. The molecule has 2 aromatic rings. The van der Waals surface area contributed by atoms with Gasteiger partial charge in [0.1, 0.15) is 33.7 Å². The molecule has 7 heteroatoms. The summed E-state index contributed by atoms with van der Waals surface area (Å²) < 4.78 is 24.2. The van der Waals surface area contributed by atoms with E-state index in [2.05, 4.69) is 6.92 Å². The zero-order chi connectivity index (χ0) is 22.2. The van der Waals surface area contributed by atoms with Crippen molar-refractivity contribution in [1.29, 1.82) is 0 Å². The molecule has 0 aromatic heterocycles. The van der Waals surface area contributed by atoms with Gasteiger partial charge in [0.2, 0.25) is 0 Å². The Bertz CT molecular complexity index is 1020. The fourth-order valence-electron chi connectivity index (χ4n) is 4.30. The van der Waals surface area contributed by atoms with Gasteiger partial charge in [0.15, 0.2) is 0 Å². The summed E-state index contributed by atoms with van der Waals surface area (Å²) >= 11 is 5.81. The van der Waals surface area contributed by atoms with Crippen LogP contribution in [-0.2, 0) is 0 Å². The van der Waals surface area contributed by atoms with Crippen LogP contribution in [0.1, 0.15) is 48.5 Å². The largest absolute Gasteiger partial charge is 0.497 e. The molecule has 2 aliphatic rings.